The summed E-state index contributed by atoms with van der Waals surface area (Å²) in [4.78, 5) is 0. The molecule has 0 aromatic rings. The highest BCUT2D eigenvalue weighted by Gasteiger charge is 2.36. The van der Waals surface area contributed by atoms with Crippen LogP contribution in [0.5, 0.6) is 0 Å². The van der Waals surface area contributed by atoms with Gasteiger partial charge in [0.05, 0.1) is 11.2 Å². The quantitative estimate of drug-likeness (QED) is 0.760. The van der Waals surface area contributed by atoms with Gasteiger partial charge in [-0.1, -0.05) is 25.4 Å². The van der Waals surface area contributed by atoms with E-state index in [0.29, 0.717) is 5.41 Å². The number of allylic oxidation sites excluding steroid dienone is 2. The van der Waals surface area contributed by atoms with Crippen LogP contribution in [0.25, 0.3) is 0 Å². The zero-order valence-corrected chi connectivity index (χ0v) is 12.1. The molecular weight excluding hydrogens is 211 g/mol. The van der Waals surface area contributed by atoms with E-state index in [1.165, 1.54) is 11.9 Å². The van der Waals surface area contributed by atoms with E-state index in [-0.39, 0.29) is 0 Å². The van der Waals surface area contributed by atoms with Crippen molar-refractivity contribution in [2.45, 2.75) is 72.0 Å². The molecule has 17 heavy (non-hydrogen) atoms. The van der Waals surface area contributed by atoms with Gasteiger partial charge in [0.1, 0.15) is 0 Å². The molecule has 1 N–H and O–H groups in total. The fraction of sp³-hybridized carbons (Fsp3) is 0.857. The molecule has 2 nitrogen and oxygen atoms in total. The monoisotopic (exact) mass is 237 g/mol. The zero-order valence-electron chi connectivity index (χ0n) is 12.1. The third-order valence-corrected chi connectivity index (χ3v) is 3.99. The lowest BCUT2D eigenvalue weighted by Crippen LogP contribution is -2.48. The Labute approximate surface area is 107 Å². The van der Waals surface area contributed by atoms with Crippen molar-refractivity contribution in [1.29, 1.82) is 0 Å². The Morgan fingerprint density at radius 3 is 2.29 bits per heavy atom. The van der Waals surface area contributed by atoms with Crippen molar-refractivity contribution in [3.63, 3.8) is 0 Å². The highest BCUT2D eigenvalue weighted by molar-refractivity contribution is 6.38. The number of aliphatic hydroxyl groups is 1. The van der Waals surface area contributed by atoms with Crippen molar-refractivity contribution < 1.29 is 9.76 Å². The van der Waals surface area contributed by atoms with Crippen LogP contribution in [0, 0.1) is 5.41 Å². The van der Waals surface area contributed by atoms with Crippen molar-refractivity contribution in [3.8, 4) is 0 Å². The van der Waals surface area contributed by atoms with Crippen molar-refractivity contribution in [2.24, 2.45) is 5.41 Å². The molecule has 97 valence electrons. The van der Waals surface area contributed by atoms with Gasteiger partial charge in [0.25, 0.3) is 0 Å². The molecule has 0 atom stereocenters. The lowest BCUT2D eigenvalue weighted by molar-refractivity contribution is -0.0898. The Hall–Kier alpha value is -0.275. The van der Waals surface area contributed by atoms with Crippen molar-refractivity contribution >= 4 is 7.48 Å². The summed E-state index contributed by atoms with van der Waals surface area (Å²) in [5.41, 5.74) is 0.253. The minimum Gasteiger partial charge on any atom is -0.427 e. The molecule has 0 bridgehead atoms. The Morgan fingerprint density at radius 1 is 1.29 bits per heavy atom. The number of hydrogen-bond acceptors (Lipinski definition) is 2. The fourth-order valence-electron chi connectivity index (χ4n) is 1.57. The van der Waals surface area contributed by atoms with E-state index in [4.69, 9.17) is 4.65 Å². The van der Waals surface area contributed by atoms with E-state index in [2.05, 4.69) is 19.9 Å². The first kappa shape index (κ1) is 14.8. The number of rotatable bonds is 4. The second-order valence-electron chi connectivity index (χ2n) is 6.95. The Kier molecular flexibility index (Phi) is 4.15. The minimum absolute atomic E-state index is 0.420. The van der Waals surface area contributed by atoms with Gasteiger partial charge in [-0.15, -0.1) is 0 Å². The SMILES string of the molecule is CC1(C)CC=C([B]OC(C)(C)C(C)(C)O)CC1. The van der Waals surface area contributed by atoms with Crippen LogP contribution in [0.4, 0.5) is 0 Å². The van der Waals surface area contributed by atoms with Crippen LogP contribution in [-0.4, -0.2) is 23.8 Å². The first-order valence-corrected chi connectivity index (χ1v) is 6.46. The first-order chi connectivity index (χ1) is 7.54. The van der Waals surface area contributed by atoms with E-state index in [0.717, 1.165) is 12.8 Å². The molecule has 0 amide bonds. The minimum atomic E-state index is -0.849. The molecule has 1 aliphatic rings. The molecule has 0 aromatic carbocycles. The average Bonchev–Trinajstić information content (AvgIpc) is 2.14. The molecule has 1 radical (unpaired) electrons. The maximum atomic E-state index is 9.99. The summed E-state index contributed by atoms with van der Waals surface area (Å²) in [5.74, 6) is 0. The van der Waals surface area contributed by atoms with Crippen LogP contribution in [-0.2, 0) is 4.65 Å². The fourth-order valence-corrected chi connectivity index (χ4v) is 1.57. The van der Waals surface area contributed by atoms with Gasteiger partial charge in [-0.2, -0.15) is 0 Å². The van der Waals surface area contributed by atoms with Crippen molar-refractivity contribution in [1.82, 2.24) is 0 Å². The van der Waals surface area contributed by atoms with Crippen LogP contribution in [0.3, 0.4) is 0 Å². The first-order valence-electron chi connectivity index (χ1n) is 6.46. The molecule has 0 heterocycles. The van der Waals surface area contributed by atoms with Gasteiger partial charge in [-0.05, 0) is 52.4 Å². The molecule has 1 rings (SSSR count). The molecule has 0 fully saturated rings. The van der Waals surface area contributed by atoms with Gasteiger partial charge < -0.3 is 9.76 Å². The van der Waals surface area contributed by atoms with Gasteiger partial charge in [-0.3, -0.25) is 0 Å². The van der Waals surface area contributed by atoms with Crippen LogP contribution >= 0.6 is 0 Å². The molecule has 0 saturated heterocycles. The summed E-state index contributed by atoms with van der Waals surface area (Å²) < 4.78 is 5.76. The maximum Gasteiger partial charge on any atom is 0.326 e. The zero-order chi connectivity index (χ0) is 13.3. The summed E-state index contributed by atoms with van der Waals surface area (Å²) in [6.07, 6.45) is 5.62. The van der Waals surface area contributed by atoms with Crippen molar-refractivity contribution in [3.05, 3.63) is 11.5 Å². The molecule has 3 heteroatoms. The van der Waals surface area contributed by atoms with Crippen LogP contribution < -0.4 is 0 Å². The summed E-state index contributed by atoms with van der Waals surface area (Å²) in [7, 11) is 1.83. The highest BCUT2D eigenvalue weighted by Crippen LogP contribution is 2.34. The van der Waals surface area contributed by atoms with Gasteiger partial charge in [-0.25, -0.2) is 0 Å². The van der Waals surface area contributed by atoms with Crippen molar-refractivity contribution in [2.75, 3.05) is 0 Å². The normalized spacial score (nSPS) is 21.0. The average molecular weight is 237 g/mol. The van der Waals surface area contributed by atoms with Crippen LogP contribution in [0.1, 0.15) is 60.8 Å². The van der Waals surface area contributed by atoms with Crippen LogP contribution in [0.15, 0.2) is 11.5 Å². The summed E-state index contributed by atoms with van der Waals surface area (Å²) in [6, 6.07) is 0. The van der Waals surface area contributed by atoms with E-state index >= 15 is 0 Å². The molecule has 0 aromatic heterocycles. The standard InChI is InChI=1S/C14H26BO2/c1-12(2)9-7-11(8-10-12)15-17-14(5,6)13(3,4)16/h7,16H,8-10H2,1-6H3. The van der Waals surface area contributed by atoms with E-state index in [1.54, 1.807) is 13.8 Å². The molecule has 0 saturated carbocycles. The predicted octanol–water partition coefficient (Wildman–Crippen LogP) is 3.27. The Morgan fingerprint density at radius 2 is 1.88 bits per heavy atom. The summed E-state index contributed by atoms with van der Waals surface area (Å²) in [5, 5.41) is 9.99. The van der Waals surface area contributed by atoms with Gasteiger partial charge in [0.2, 0.25) is 0 Å². The molecular formula is C14H26BO2. The molecule has 0 spiro atoms. The Bertz CT molecular complexity index is 298. The summed E-state index contributed by atoms with van der Waals surface area (Å²) >= 11 is 0. The largest absolute Gasteiger partial charge is 0.427 e. The second-order valence-corrected chi connectivity index (χ2v) is 6.95. The number of hydrogen-bond donors (Lipinski definition) is 1. The van der Waals surface area contributed by atoms with E-state index in [9.17, 15) is 5.11 Å². The smallest absolute Gasteiger partial charge is 0.326 e. The topological polar surface area (TPSA) is 29.5 Å². The lowest BCUT2D eigenvalue weighted by Gasteiger charge is -2.38. The second kappa shape index (κ2) is 4.77. The third-order valence-electron chi connectivity index (χ3n) is 3.99. The lowest BCUT2D eigenvalue weighted by atomic mass is 9.70. The van der Waals surface area contributed by atoms with Gasteiger partial charge >= 0.3 is 7.48 Å². The third kappa shape index (κ3) is 4.15. The maximum absolute atomic E-state index is 9.99. The van der Waals surface area contributed by atoms with Gasteiger partial charge in [0.15, 0.2) is 0 Å². The Balaban J connectivity index is 2.51. The molecule has 0 aliphatic heterocycles. The summed E-state index contributed by atoms with van der Waals surface area (Å²) in [6.45, 7) is 12.0. The highest BCUT2D eigenvalue weighted by atomic mass is 16.5. The molecule has 1 aliphatic carbocycles. The van der Waals surface area contributed by atoms with Crippen LogP contribution in [0.2, 0.25) is 0 Å². The predicted molar refractivity (Wildman–Crippen MR) is 72.9 cm³/mol. The molecule has 0 unspecified atom stereocenters. The van der Waals surface area contributed by atoms with E-state index < -0.39 is 11.2 Å². The van der Waals surface area contributed by atoms with Gasteiger partial charge in [0, 0.05) is 0 Å². The van der Waals surface area contributed by atoms with E-state index in [1.807, 2.05) is 21.3 Å².